The Hall–Kier alpha value is -2.92. The third-order valence-electron chi connectivity index (χ3n) is 4.07. The van der Waals surface area contributed by atoms with Crippen molar-refractivity contribution in [1.29, 1.82) is 0 Å². The lowest BCUT2D eigenvalue weighted by atomic mass is 10.0. The zero-order valence-electron chi connectivity index (χ0n) is 14.3. The number of hydrogen-bond acceptors (Lipinski definition) is 1. The summed E-state index contributed by atoms with van der Waals surface area (Å²) in [6.45, 7) is 2.21. The van der Waals surface area contributed by atoms with Crippen LogP contribution in [0.4, 0.5) is 4.39 Å². The lowest BCUT2D eigenvalue weighted by molar-refractivity contribution is 0.583. The smallest absolute Gasteiger partial charge is 0.212 e. The molecule has 2 aromatic carbocycles. The molecule has 0 aliphatic carbocycles. The molecule has 0 spiro atoms. The summed E-state index contributed by atoms with van der Waals surface area (Å²) in [6, 6.07) is 19.9. The maximum absolute atomic E-state index is 12.8. The van der Waals surface area contributed by atoms with Crippen LogP contribution in [0.1, 0.15) is 36.5 Å². The van der Waals surface area contributed by atoms with Crippen molar-refractivity contribution in [2.75, 3.05) is 0 Å². The molecule has 3 aromatic rings. The van der Waals surface area contributed by atoms with E-state index in [4.69, 9.17) is 0 Å². The monoisotopic (exact) mass is 329 g/mol. The molecular formula is C23H20FN. The Morgan fingerprint density at radius 2 is 1.40 bits per heavy atom. The first-order chi connectivity index (χ1) is 12.2. The summed E-state index contributed by atoms with van der Waals surface area (Å²) in [5.74, 6) is 5.58. The Kier molecular flexibility index (Phi) is 5.59. The average Bonchev–Trinajstić information content (AvgIpc) is 2.67. The van der Waals surface area contributed by atoms with Gasteiger partial charge in [-0.3, -0.25) is 0 Å². The van der Waals surface area contributed by atoms with Crippen LogP contribution in [0.15, 0.2) is 66.9 Å². The predicted molar refractivity (Wildman–Crippen MR) is 101 cm³/mol. The van der Waals surface area contributed by atoms with Crippen molar-refractivity contribution in [3.05, 3.63) is 89.5 Å². The van der Waals surface area contributed by atoms with E-state index in [1.165, 1.54) is 41.8 Å². The van der Waals surface area contributed by atoms with Gasteiger partial charge in [-0.05, 0) is 53.8 Å². The summed E-state index contributed by atoms with van der Waals surface area (Å²) >= 11 is 0. The van der Waals surface area contributed by atoms with Crippen molar-refractivity contribution in [3.8, 4) is 23.0 Å². The van der Waals surface area contributed by atoms with E-state index in [-0.39, 0.29) is 0 Å². The van der Waals surface area contributed by atoms with Crippen LogP contribution in [0, 0.1) is 17.8 Å². The molecule has 0 saturated carbocycles. The quantitative estimate of drug-likeness (QED) is 0.446. The fourth-order valence-electron chi connectivity index (χ4n) is 2.58. The van der Waals surface area contributed by atoms with Crippen LogP contribution in [-0.4, -0.2) is 4.98 Å². The highest BCUT2D eigenvalue weighted by molar-refractivity contribution is 5.64. The Balaban J connectivity index is 1.71. The van der Waals surface area contributed by atoms with Gasteiger partial charge in [0.15, 0.2) is 0 Å². The topological polar surface area (TPSA) is 12.9 Å². The van der Waals surface area contributed by atoms with Gasteiger partial charge in [0.1, 0.15) is 0 Å². The number of halogens is 1. The molecule has 0 aliphatic rings. The van der Waals surface area contributed by atoms with E-state index in [0.29, 0.717) is 5.56 Å². The molecule has 3 rings (SSSR count). The van der Waals surface area contributed by atoms with Crippen molar-refractivity contribution >= 4 is 0 Å². The van der Waals surface area contributed by atoms with Crippen LogP contribution in [-0.2, 0) is 6.42 Å². The van der Waals surface area contributed by atoms with Gasteiger partial charge < -0.3 is 0 Å². The second kappa shape index (κ2) is 8.26. The second-order valence-electron chi connectivity index (χ2n) is 6.00. The minimum Gasteiger partial charge on any atom is -0.227 e. The van der Waals surface area contributed by atoms with Gasteiger partial charge in [-0.25, -0.2) is 4.98 Å². The van der Waals surface area contributed by atoms with Gasteiger partial charge in [0, 0.05) is 17.3 Å². The summed E-state index contributed by atoms with van der Waals surface area (Å²) in [5, 5.41) is 0. The molecule has 0 radical (unpaired) electrons. The van der Waals surface area contributed by atoms with Crippen LogP contribution < -0.4 is 0 Å². The Morgan fingerprint density at radius 1 is 0.800 bits per heavy atom. The maximum Gasteiger partial charge on any atom is 0.212 e. The fraction of sp³-hybridized carbons (Fsp3) is 0.174. The van der Waals surface area contributed by atoms with Gasteiger partial charge in [-0.15, -0.1) is 0 Å². The highest BCUT2D eigenvalue weighted by Gasteiger charge is 1.99. The Bertz CT molecular complexity index is 867. The number of aromatic nitrogens is 1. The molecule has 0 amide bonds. The number of pyridine rings is 1. The standard InChI is InChI=1S/C23H20FN/c1-2-3-4-18-7-12-21(13-8-18)22-14-9-19(10-15-22)5-6-20-11-16-23(24)25-17-20/h7-17H,2-4H2,1H3. The van der Waals surface area contributed by atoms with Crippen LogP contribution >= 0.6 is 0 Å². The van der Waals surface area contributed by atoms with Crippen molar-refractivity contribution in [2.24, 2.45) is 0 Å². The summed E-state index contributed by atoms with van der Waals surface area (Å²) in [7, 11) is 0. The SMILES string of the molecule is CCCCc1ccc(-c2ccc(C#Cc3ccc(F)nc3)cc2)cc1. The summed E-state index contributed by atoms with van der Waals surface area (Å²) < 4.78 is 12.8. The molecule has 0 aliphatic heterocycles. The van der Waals surface area contributed by atoms with Crippen molar-refractivity contribution in [2.45, 2.75) is 26.2 Å². The lowest BCUT2D eigenvalue weighted by Gasteiger charge is -2.04. The summed E-state index contributed by atoms with van der Waals surface area (Å²) in [6.07, 6.45) is 5.04. The molecule has 0 N–H and O–H groups in total. The van der Waals surface area contributed by atoms with E-state index in [9.17, 15) is 4.39 Å². The highest BCUT2D eigenvalue weighted by atomic mass is 19.1. The predicted octanol–water partition coefficient (Wildman–Crippen LogP) is 5.63. The van der Waals surface area contributed by atoms with E-state index >= 15 is 0 Å². The fourth-order valence-corrected chi connectivity index (χ4v) is 2.58. The number of hydrogen-bond donors (Lipinski definition) is 0. The van der Waals surface area contributed by atoms with Crippen LogP contribution in [0.25, 0.3) is 11.1 Å². The van der Waals surface area contributed by atoms with Gasteiger partial charge in [0.25, 0.3) is 0 Å². The Labute approximate surface area is 148 Å². The number of rotatable bonds is 4. The Morgan fingerprint density at radius 3 is 2.00 bits per heavy atom. The van der Waals surface area contributed by atoms with Crippen molar-refractivity contribution in [3.63, 3.8) is 0 Å². The first-order valence-corrected chi connectivity index (χ1v) is 8.57. The van der Waals surface area contributed by atoms with E-state index in [1.54, 1.807) is 6.07 Å². The first-order valence-electron chi connectivity index (χ1n) is 8.57. The molecule has 0 unspecified atom stereocenters. The molecular weight excluding hydrogens is 309 g/mol. The van der Waals surface area contributed by atoms with Gasteiger partial charge in [0.05, 0.1) is 0 Å². The minimum absolute atomic E-state index is 0.490. The third-order valence-corrected chi connectivity index (χ3v) is 4.07. The van der Waals surface area contributed by atoms with Gasteiger partial charge >= 0.3 is 0 Å². The molecule has 25 heavy (non-hydrogen) atoms. The first kappa shape index (κ1) is 16.9. The highest BCUT2D eigenvalue weighted by Crippen LogP contribution is 2.21. The molecule has 124 valence electrons. The lowest BCUT2D eigenvalue weighted by Crippen LogP contribution is -1.85. The molecule has 0 saturated heterocycles. The van der Waals surface area contributed by atoms with E-state index in [2.05, 4.69) is 60.1 Å². The molecule has 0 atom stereocenters. The van der Waals surface area contributed by atoms with Gasteiger partial charge in [0.2, 0.25) is 5.95 Å². The molecule has 1 nitrogen and oxygen atoms in total. The third kappa shape index (κ3) is 4.78. The normalized spacial score (nSPS) is 10.2. The van der Waals surface area contributed by atoms with E-state index < -0.39 is 5.95 Å². The van der Waals surface area contributed by atoms with Crippen LogP contribution in [0.2, 0.25) is 0 Å². The number of unbranched alkanes of at least 4 members (excludes halogenated alkanes) is 1. The molecule has 1 heterocycles. The van der Waals surface area contributed by atoms with E-state index in [1.807, 2.05) is 12.1 Å². The van der Waals surface area contributed by atoms with Crippen LogP contribution in [0.3, 0.4) is 0 Å². The van der Waals surface area contributed by atoms with Crippen molar-refractivity contribution in [1.82, 2.24) is 4.98 Å². The zero-order valence-corrected chi connectivity index (χ0v) is 14.3. The van der Waals surface area contributed by atoms with Crippen molar-refractivity contribution < 1.29 is 4.39 Å². The molecule has 0 bridgehead atoms. The average molecular weight is 329 g/mol. The maximum atomic E-state index is 12.8. The molecule has 1 aromatic heterocycles. The number of nitrogens with zero attached hydrogens (tertiary/aromatic N) is 1. The molecule has 2 heteroatoms. The summed E-state index contributed by atoms with van der Waals surface area (Å²) in [5.41, 5.74) is 5.40. The zero-order chi connectivity index (χ0) is 17.5. The largest absolute Gasteiger partial charge is 0.227 e. The number of benzene rings is 2. The number of aryl methyl sites for hydroxylation is 1. The van der Waals surface area contributed by atoms with Gasteiger partial charge in [-0.2, -0.15) is 4.39 Å². The van der Waals surface area contributed by atoms with Crippen LogP contribution in [0.5, 0.6) is 0 Å². The second-order valence-corrected chi connectivity index (χ2v) is 6.00. The summed E-state index contributed by atoms with van der Waals surface area (Å²) in [4.78, 5) is 3.60. The molecule has 0 fully saturated rings. The minimum atomic E-state index is -0.490. The van der Waals surface area contributed by atoms with Gasteiger partial charge in [-0.1, -0.05) is 61.6 Å². The van der Waals surface area contributed by atoms with E-state index in [0.717, 1.165) is 12.0 Å².